The highest BCUT2D eigenvalue weighted by atomic mass is 28.4. The SMILES string of the molecule is CC(C)(C)NC1CCC(OC(=O)Nc2cc(C=CCCOc3ccc(CCNC[C@H](O[Si](C)(C)C(C)(C)C)c4ccc(OCc5ccccc5)c5[nH]c(=O)ccc45)cc3)ccc2-c2ccccc2)CC1.CC(C)(C)[Si](C)(C)O[C@@H](CNCCc1ccc(OCCCCc2ccc(-c3ccccc3)c(NC(=O)OC3CCC(N)CC3)c2)cc1)c1ccc(O)c2[nH]c(=O)ccc12. The molecule has 0 unspecified atom stereocenters. The number of pyridine rings is 2. The summed E-state index contributed by atoms with van der Waals surface area (Å²) in [5.74, 6) is 2.35. The van der Waals surface area contributed by atoms with Crippen molar-refractivity contribution in [3.05, 3.63) is 290 Å². The molecule has 2 amide bonds. The minimum atomic E-state index is -2.20. The van der Waals surface area contributed by atoms with Gasteiger partial charge in [-0.15, -0.1) is 0 Å². The van der Waals surface area contributed by atoms with Gasteiger partial charge in [0.15, 0.2) is 16.6 Å². The molecule has 0 spiro atoms. The summed E-state index contributed by atoms with van der Waals surface area (Å²) in [6, 6.07) is 74.2. The third kappa shape index (κ3) is 29.0. The molecule has 2 atom stereocenters. The summed E-state index contributed by atoms with van der Waals surface area (Å²) < 4.78 is 44.3. The number of carbonyl (C=O) groups is 2. The monoisotopic (exact) mass is 1780 g/mol. The number of aromatic amines is 2. The van der Waals surface area contributed by atoms with Gasteiger partial charge in [-0.25, -0.2) is 9.59 Å². The summed E-state index contributed by atoms with van der Waals surface area (Å²) in [7, 11) is -4.37. The van der Waals surface area contributed by atoms with E-state index in [0.717, 1.165) is 187 Å². The van der Waals surface area contributed by atoms with E-state index in [1.54, 1.807) is 18.2 Å². The Kier molecular flexibility index (Phi) is 34.3. The third-order valence-electron chi connectivity index (χ3n) is 25.2. The summed E-state index contributed by atoms with van der Waals surface area (Å²) in [4.78, 5) is 56.8. The Bertz CT molecular complexity index is 5580. The van der Waals surface area contributed by atoms with Crippen LogP contribution < -0.4 is 57.6 Å². The van der Waals surface area contributed by atoms with Crippen LogP contribution in [-0.2, 0) is 44.2 Å². The van der Waals surface area contributed by atoms with Crippen LogP contribution in [0.2, 0.25) is 36.3 Å². The number of hydrogen-bond donors (Lipinski definition) is 9. The molecule has 20 nitrogen and oxygen atoms in total. The van der Waals surface area contributed by atoms with Crippen LogP contribution in [0.3, 0.4) is 0 Å². The first-order chi connectivity index (χ1) is 61.7. The van der Waals surface area contributed by atoms with Crippen molar-refractivity contribution >= 4 is 68.1 Å². The Hall–Kier alpha value is -10.9. The number of unbranched alkanes of at least 4 members (excludes halogenated alkanes) is 1. The number of nitrogens with one attached hydrogen (secondary N) is 7. The molecule has 0 saturated heterocycles. The van der Waals surface area contributed by atoms with E-state index in [0.29, 0.717) is 55.7 Å². The van der Waals surface area contributed by atoms with Crippen molar-refractivity contribution < 1.29 is 47.2 Å². The van der Waals surface area contributed by atoms with Gasteiger partial charge in [-0.3, -0.25) is 20.2 Å². The first kappa shape index (κ1) is 97.1. The van der Waals surface area contributed by atoms with E-state index in [1.165, 1.54) is 17.2 Å². The smallest absolute Gasteiger partial charge is 0.411 e. The predicted molar refractivity (Wildman–Crippen MR) is 530 cm³/mol. The van der Waals surface area contributed by atoms with Crippen LogP contribution in [0.5, 0.6) is 23.0 Å². The average molecular weight is 1780 g/mol. The number of carbonyl (C=O) groups excluding carboxylic acids is 2. The molecular formula is C107H136N8O12Si2. The van der Waals surface area contributed by atoms with Crippen molar-refractivity contribution in [2.75, 3.05) is 50.0 Å². The molecule has 2 fully saturated rings. The summed E-state index contributed by atoms with van der Waals surface area (Å²) in [6.07, 6.45) is 14.8. The van der Waals surface area contributed by atoms with Crippen molar-refractivity contribution in [3.63, 3.8) is 0 Å². The van der Waals surface area contributed by atoms with E-state index in [-0.39, 0.29) is 62.9 Å². The summed E-state index contributed by atoms with van der Waals surface area (Å²) in [6.45, 7) is 33.3. The van der Waals surface area contributed by atoms with E-state index in [2.05, 4.69) is 198 Å². The van der Waals surface area contributed by atoms with E-state index >= 15 is 0 Å². The topological polar surface area (TPSA) is 271 Å². The number of benzene rings is 9. The molecule has 0 radical (unpaired) electrons. The molecule has 2 aromatic heterocycles. The van der Waals surface area contributed by atoms with Crippen LogP contribution in [0.1, 0.15) is 184 Å². The molecule has 10 N–H and O–H groups in total. The normalized spacial score (nSPS) is 16.2. The van der Waals surface area contributed by atoms with Gasteiger partial charge in [0.05, 0.1) is 47.8 Å². The second-order valence-corrected chi connectivity index (χ2v) is 48.0. The minimum absolute atomic E-state index is 0.00718. The molecule has 129 heavy (non-hydrogen) atoms. The number of aromatic hydroxyl groups is 1. The molecule has 9 aromatic carbocycles. The zero-order valence-corrected chi connectivity index (χ0v) is 79.8. The Balaban J connectivity index is 0.000000237. The Morgan fingerprint density at radius 3 is 1.49 bits per heavy atom. The number of phenolic OH excluding ortho intramolecular Hbond substituents is 1. The molecule has 11 aromatic rings. The first-order valence-electron chi connectivity index (χ1n) is 46.2. The maximum atomic E-state index is 13.2. The highest BCUT2D eigenvalue weighted by Crippen LogP contribution is 2.44. The molecular weight excluding hydrogens is 1650 g/mol. The van der Waals surface area contributed by atoms with Gasteiger partial charge < -0.3 is 69.3 Å². The number of hydrogen-bond acceptors (Lipinski definition) is 16. The van der Waals surface area contributed by atoms with Crippen LogP contribution in [-0.4, -0.2) is 113 Å². The molecule has 22 heteroatoms. The molecule has 2 aliphatic rings. The second-order valence-electron chi connectivity index (χ2n) is 38.5. The number of rotatable bonds is 37. The van der Waals surface area contributed by atoms with Crippen LogP contribution in [0, 0.1) is 0 Å². The molecule has 2 saturated carbocycles. The van der Waals surface area contributed by atoms with E-state index in [4.69, 9.17) is 38.3 Å². The number of aryl methyl sites for hydroxylation is 1. The number of aromatic nitrogens is 2. The fourth-order valence-electron chi connectivity index (χ4n) is 16.0. The maximum absolute atomic E-state index is 13.2. The molecule has 684 valence electrons. The van der Waals surface area contributed by atoms with Crippen molar-refractivity contribution in [1.29, 1.82) is 0 Å². The van der Waals surface area contributed by atoms with Crippen molar-refractivity contribution in [1.82, 2.24) is 25.9 Å². The lowest BCUT2D eigenvalue weighted by Crippen LogP contribution is -2.46. The summed E-state index contributed by atoms with van der Waals surface area (Å²) in [5.41, 5.74) is 19.8. The number of anilines is 2. The lowest BCUT2D eigenvalue weighted by atomic mass is 9.91. The fourth-order valence-corrected chi connectivity index (χ4v) is 18.6. The van der Waals surface area contributed by atoms with Gasteiger partial charge in [-0.05, 0) is 271 Å². The van der Waals surface area contributed by atoms with Crippen molar-refractivity contribution in [2.24, 2.45) is 5.73 Å². The van der Waals surface area contributed by atoms with Crippen LogP contribution in [0.25, 0.3) is 50.1 Å². The Morgan fingerprint density at radius 2 is 0.961 bits per heavy atom. The van der Waals surface area contributed by atoms with Crippen molar-refractivity contribution in [3.8, 4) is 45.3 Å². The number of amides is 2. The van der Waals surface area contributed by atoms with Crippen molar-refractivity contribution in [2.45, 2.75) is 237 Å². The summed E-state index contributed by atoms with van der Waals surface area (Å²) in [5, 5.41) is 29.3. The standard InChI is InChI=1S/C59H74N4O6Si.C48H62N4O6Si/c1-58(2,3)63-46-25-29-48(30-26-46)68-57(65)61-52-39-43(24-31-49(52)45-20-13-10-14-21-45)17-15-16-38-66-47-27-22-42(23-28-47)36-37-60-40-54(69-70(7,8)59(4,5)6)50-32-34-53(56-51(50)33-35-55(64)62-56)67-41-44-18-11-9-12-19-44;1-48(2,3)59(4,5)58-44(40-24-26-43(53)46-41(40)25-27-45(54)52-46)32-50-29-28-33-14-19-37(20-15-33)56-30-10-9-11-34-16-23-39(35-12-7-6-8-13-35)42(31-34)51-47(55)57-38-21-17-36(49)18-22-38/h9-15,17-24,27-28,31-35,39,46,48,54,60,63H,16,25-26,29-30,36-38,40-41H2,1-8H3,(H,61,65)(H,62,64);6-8,12-16,19-20,23-27,31,36,38,44,50,53H,9-11,17-18,21-22,28-30,32,49H2,1-5H3,(H,51,55)(H,52,54)/t46?,48?,54-;36?,38?,44-/m00/s1. The zero-order valence-electron chi connectivity index (χ0n) is 77.8. The number of H-pyrrole nitrogens is 2. The number of ether oxygens (including phenoxy) is 5. The Morgan fingerprint density at radius 1 is 0.488 bits per heavy atom. The van der Waals surface area contributed by atoms with Crippen LogP contribution in [0.4, 0.5) is 21.0 Å². The molecule has 2 heterocycles. The average Bonchev–Trinajstić information content (AvgIpc) is 0.782. The zero-order chi connectivity index (χ0) is 91.7. The van der Waals surface area contributed by atoms with Gasteiger partial charge >= 0.3 is 12.2 Å². The lowest BCUT2D eigenvalue weighted by Gasteiger charge is -2.39. The van der Waals surface area contributed by atoms with Crippen LogP contribution in [0.15, 0.2) is 240 Å². The van der Waals surface area contributed by atoms with Gasteiger partial charge in [-0.2, -0.15) is 0 Å². The highest BCUT2D eigenvalue weighted by molar-refractivity contribution is 6.74. The fraction of sp³-hybridized carbons (Fsp3) is 0.402. The summed E-state index contributed by atoms with van der Waals surface area (Å²) >= 11 is 0. The number of nitrogens with two attached hydrogens (primary N) is 1. The van der Waals surface area contributed by atoms with E-state index in [1.807, 2.05) is 140 Å². The second kappa shape index (κ2) is 45.6. The van der Waals surface area contributed by atoms with Gasteiger partial charge in [0.2, 0.25) is 11.1 Å². The largest absolute Gasteiger partial charge is 0.506 e. The van der Waals surface area contributed by atoms with Gasteiger partial charge in [-0.1, -0.05) is 205 Å². The lowest BCUT2D eigenvalue weighted by molar-refractivity contribution is 0.0761. The molecule has 0 bridgehead atoms. The molecule has 13 rings (SSSR count). The maximum Gasteiger partial charge on any atom is 0.411 e. The quantitative estimate of drug-likeness (QED) is 0.0129. The predicted octanol–water partition coefficient (Wildman–Crippen LogP) is 23.4. The number of phenols is 1. The third-order valence-corrected chi connectivity index (χ3v) is 34.2. The highest BCUT2D eigenvalue weighted by Gasteiger charge is 2.42. The van der Waals surface area contributed by atoms with Gasteiger partial charge in [0.25, 0.3) is 0 Å². The van der Waals surface area contributed by atoms with Crippen LogP contribution >= 0.6 is 0 Å². The van der Waals surface area contributed by atoms with E-state index in [9.17, 15) is 24.3 Å². The molecule has 0 aliphatic heterocycles. The van der Waals surface area contributed by atoms with E-state index < -0.39 is 28.8 Å². The minimum Gasteiger partial charge on any atom is -0.506 e. The number of fused-ring (bicyclic) bond motifs is 2. The molecule has 2 aliphatic carbocycles. The Labute approximate surface area is 764 Å². The van der Waals surface area contributed by atoms with Gasteiger partial charge in [0.1, 0.15) is 41.8 Å². The first-order valence-corrected chi connectivity index (χ1v) is 52.0. The van der Waals surface area contributed by atoms with Gasteiger partial charge in [0, 0.05) is 64.7 Å².